The molecule has 0 spiro atoms. The molecule has 0 bridgehead atoms. The number of anilines is 2. The molecule has 1 heterocycles. The Kier molecular flexibility index (Phi) is 5.69. The molecule has 0 saturated carbocycles. The number of ether oxygens (including phenoxy) is 1. The third kappa shape index (κ3) is 4.41. The van der Waals surface area contributed by atoms with E-state index in [1.807, 2.05) is 0 Å². The molecule has 3 rings (SSSR count). The van der Waals surface area contributed by atoms with Gasteiger partial charge in [0.05, 0.1) is 34.0 Å². The van der Waals surface area contributed by atoms with Crippen LogP contribution in [0.15, 0.2) is 64.2 Å². The Morgan fingerprint density at radius 3 is 2.56 bits per heavy atom. The molecule has 3 aromatic rings. The smallest absolute Gasteiger partial charge is 0.262 e. The maximum atomic E-state index is 12.7. The zero-order valence-electron chi connectivity index (χ0n) is 14.1. The number of carbonyl (C=O) groups excluding carboxylic acids is 1. The van der Waals surface area contributed by atoms with Crippen molar-refractivity contribution in [3.63, 3.8) is 0 Å². The summed E-state index contributed by atoms with van der Waals surface area (Å²) in [7, 11) is -2.48. The van der Waals surface area contributed by atoms with Crippen molar-refractivity contribution < 1.29 is 17.9 Å². The Bertz CT molecular complexity index is 1070. The SMILES string of the molecule is COc1ccc(S(=O)(=O)Nc2ccccc2Cl)cc1NC(=O)c1ccsc1. The van der Waals surface area contributed by atoms with E-state index >= 15 is 0 Å². The maximum absolute atomic E-state index is 12.7. The van der Waals surface area contributed by atoms with Crippen LogP contribution in [0.25, 0.3) is 0 Å². The maximum Gasteiger partial charge on any atom is 0.262 e. The number of carbonyl (C=O) groups is 1. The first-order valence-electron chi connectivity index (χ1n) is 7.69. The highest BCUT2D eigenvalue weighted by Crippen LogP contribution is 2.30. The van der Waals surface area contributed by atoms with Crippen LogP contribution in [0.4, 0.5) is 11.4 Å². The highest BCUT2D eigenvalue weighted by atomic mass is 35.5. The van der Waals surface area contributed by atoms with Crippen molar-refractivity contribution in [2.45, 2.75) is 4.90 Å². The first-order chi connectivity index (χ1) is 12.9. The van der Waals surface area contributed by atoms with Crippen molar-refractivity contribution >= 4 is 50.2 Å². The highest BCUT2D eigenvalue weighted by Gasteiger charge is 2.19. The van der Waals surface area contributed by atoms with Gasteiger partial charge < -0.3 is 10.1 Å². The van der Waals surface area contributed by atoms with Crippen LogP contribution in [0.5, 0.6) is 5.75 Å². The minimum Gasteiger partial charge on any atom is -0.495 e. The minimum absolute atomic E-state index is 0.0381. The number of amides is 1. The van der Waals surface area contributed by atoms with Gasteiger partial charge in [0.1, 0.15) is 5.75 Å². The molecule has 140 valence electrons. The number of para-hydroxylation sites is 1. The van der Waals surface area contributed by atoms with Crippen molar-refractivity contribution in [2.75, 3.05) is 17.1 Å². The zero-order valence-corrected chi connectivity index (χ0v) is 16.5. The van der Waals surface area contributed by atoms with Crippen molar-refractivity contribution in [1.82, 2.24) is 0 Å². The number of sulfonamides is 1. The third-order valence-electron chi connectivity index (χ3n) is 3.63. The van der Waals surface area contributed by atoms with E-state index in [4.69, 9.17) is 16.3 Å². The fraction of sp³-hybridized carbons (Fsp3) is 0.0556. The molecule has 9 heteroatoms. The van der Waals surface area contributed by atoms with Gasteiger partial charge in [0.2, 0.25) is 0 Å². The largest absolute Gasteiger partial charge is 0.495 e. The summed E-state index contributed by atoms with van der Waals surface area (Å²) in [6, 6.07) is 12.4. The van der Waals surface area contributed by atoms with E-state index in [-0.39, 0.29) is 27.2 Å². The monoisotopic (exact) mass is 422 g/mol. The molecule has 0 saturated heterocycles. The second kappa shape index (κ2) is 7.99. The first-order valence-corrected chi connectivity index (χ1v) is 10.5. The number of benzene rings is 2. The lowest BCUT2D eigenvalue weighted by Gasteiger charge is -2.13. The average molecular weight is 423 g/mol. The zero-order chi connectivity index (χ0) is 19.4. The number of hydrogen-bond donors (Lipinski definition) is 2. The second-order valence-electron chi connectivity index (χ2n) is 5.41. The first kappa shape index (κ1) is 19.2. The number of methoxy groups -OCH3 is 1. The van der Waals surface area contributed by atoms with Gasteiger partial charge in [-0.1, -0.05) is 23.7 Å². The Morgan fingerprint density at radius 1 is 1.11 bits per heavy atom. The Hall–Kier alpha value is -2.55. The van der Waals surface area contributed by atoms with Gasteiger partial charge >= 0.3 is 0 Å². The van der Waals surface area contributed by atoms with Crippen LogP contribution < -0.4 is 14.8 Å². The van der Waals surface area contributed by atoms with Crippen molar-refractivity contribution in [3.05, 3.63) is 69.9 Å². The Balaban J connectivity index is 1.92. The van der Waals surface area contributed by atoms with Gasteiger partial charge in [-0.15, -0.1) is 0 Å². The van der Waals surface area contributed by atoms with Crippen LogP contribution in [0, 0.1) is 0 Å². The van der Waals surface area contributed by atoms with Gasteiger partial charge in [-0.25, -0.2) is 8.42 Å². The lowest BCUT2D eigenvalue weighted by atomic mass is 10.2. The molecule has 0 aliphatic heterocycles. The van der Waals surface area contributed by atoms with Crippen molar-refractivity contribution in [1.29, 1.82) is 0 Å². The lowest BCUT2D eigenvalue weighted by molar-refractivity contribution is 0.102. The van der Waals surface area contributed by atoms with Gasteiger partial charge in [-0.2, -0.15) is 11.3 Å². The number of halogens is 1. The van der Waals surface area contributed by atoms with Crippen molar-refractivity contribution in [3.8, 4) is 5.75 Å². The average Bonchev–Trinajstić information content (AvgIpc) is 3.18. The summed E-state index contributed by atoms with van der Waals surface area (Å²) in [4.78, 5) is 12.3. The third-order valence-corrected chi connectivity index (χ3v) is 6.01. The molecule has 2 aromatic carbocycles. The Morgan fingerprint density at radius 2 is 1.89 bits per heavy atom. The summed E-state index contributed by atoms with van der Waals surface area (Å²) in [5.41, 5.74) is 0.985. The van der Waals surface area contributed by atoms with Crippen LogP contribution >= 0.6 is 22.9 Å². The molecule has 0 aliphatic rings. The van der Waals surface area contributed by atoms with E-state index in [0.29, 0.717) is 11.3 Å². The number of nitrogens with one attached hydrogen (secondary N) is 2. The minimum atomic E-state index is -3.91. The van der Waals surface area contributed by atoms with Gasteiger partial charge in [0.15, 0.2) is 0 Å². The van der Waals surface area contributed by atoms with Crippen LogP contribution in [0.3, 0.4) is 0 Å². The van der Waals surface area contributed by atoms with Gasteiger partial charge in [-0.05, 0) is 41.8 Å². The molecule has 0 radical (unpaired) electrons. The van der Waals surface area contributed by atoms with Gasteiger partial charge in [-0.3, -0.25) is 9.52 Å². The normalized spacial score (nSPS) is 11.0. The highest BCUT2D eigenvalue weighted by molar-refractivity contribution is 7.92. The summed E-state index contributed by atoms with van der Waals surface area (Å²) in [6.07, 6.45) is 0. The van der Waals surface area contributed by atoms with E-state index in [9.17, 15) is 13.2 Å². The molecule has 1 amide bonds. The quantitative estimate of drug-likeness (QED) is 0.614. The fourth-order valence-corrected chi connectivity index (χ4v) is 4.27. The summed E-state index contributed by atoms with van der Waals surface area (Å²) in [5.74, 6) is -0.0153. The topological polar surface area (TPSA) is 84.5 Å². The summed E-state index contributed by atoms with van der Waals surface area (Å²) < 4.78 is 33.1. The molecule has 1 aromatic heterocycles. The lowest BCUT2D eigenvalue weighted by Crippen LogP contribution is -2.15. The fourth-order valence-electron chi connectivity index (χ4n) is 2.29. The molecule has 2 N–H and O–H groups in total. The molecular weight excluding hydrogens is 408 g/mol. The van der Waals surface area contributed by atoms with Crippen LogP contribution in [0.1, 0.15) is 10.4 Å². The van der Waals surface area contributed by atoms with Gasteiger partial charge in [0.25, 0.3) is 15.9 Å². The summed E-state index contributed by atoms with van der Waals surface area (Å²) in [6.45, 7) is 0. The van der Waals surface area contributed by atoms with E-state index in [1.165, 1.54) is 36.6 Å². The molecule has 0 aliphatic carbocycles. The van der Waals surface area contributed by atoms with E-state index in [1.54, 1.807) is 41.1 Å². The second-order valence-corrected chi connectivity index (χ2v) is 8.28. The molecule has 0 fully saturated rings. The molecule has 27 heavy (non-hydrogen) atoms. The van der Waals surface area contributed by atoms with E-state index < -0.39 is 10.0 Å². The Labute approximate surface area is 165 Å². The summed E-state index contributed by atoms with van der Waals surface area (Å²) in [5, 5.41) is 6.43. The standard InChI is InChI=1S/C18H15ClN2O4S2/c1-25-17-7-6-13(10-16(17)20-18(22)12-8-9-26-11-12)27(23,24)21-15-5-3-2-4-14(15)19/h2-11,21H,1H3,(H,20,22). The van der Waals surface area contributed by atoms with Crippen molar-refractivity contribution in [2.24, 2.45) is 0 Å². The summed E-state index contributed by atoms with van der Waals surface area (Å²) >= 11 is 7.41. The number of thiophene rings is 1. The number of rotatable bonds is 6. The molecular formula is C18H15ClN2O4S2. The van der Waals surface area contributed by atoms with E-state index in [0.717, 1.165) is 0 Å². The molecule has 6 nitrogen and oxygen atoms in total. The van der Waals surface area contributed by atoms with Crippen LogP contribution in [-0.2, 0) is 10.0 Å². The predicted octanol–water partition coefficient (Wildman–Crippen LogP) is 4.46. The van der Waals surface area contributed by atoms with E-state index in [2.05, 4.69) is 10.0 Å². The van der Waals surface area contributed by atoms with Crippen LogP contribution in [-0.4, -0.2) is 21.4 Å². The molecule has 0 atom stereocenters. The van der Waals surface area contributed by atoms with Crippen LogP contribution in [0.2, 0.25) is 5.02 Å². The predicted molar refractivity (Wildman–Crippen MR) is 108 cm³/mol. The molecule has 0 unspecified atom stereocenters. The number of hydrogen-bond acceptors (Lipinski definition) is 5. The van der Waals surface area contributed by atoms with Gasteiger partial charge in [0, 0.05) is 5.38 Å².